The highest BCUT2D eigenvalue weighted by Gasteiger charge is 2.19. The van der Waals surface area contributed by atoms with Gasteiger partial charge in [-0.3, -0.25) is 0 Å². The van der Waals surface area contributed by atoms with Gasteiger partial charge >= 0.3 is 11.9 Å². The highest BCUT2D eigenvalue weighted by atomic mass is 19.1. The van der Waals surface area contributed by atoms with Gasteiger partial charge < -0.3 is 9.57 Å². The fourth-order valence-electron chi connectivity index (χ4n) is 1.02. The Labute approximate surface area is 84.5 Å². The van der Waals surface area contributed by atoms with Crippen LogP contribution in [0.1, 0.15) is 20.7 Å². The smallest absolute Gasteiger partial charge is 0.359 e. The number of carbonyl (C=O) groups is 2. The van der Waals surface area contributed by atoms with Gasteiger partial charge in [0.25, 0.3) is 0 Å². The molecule has 5 nitrogen and oxygen atoms in total. The van der Waals surface area contributed by atoms with Crippen molar-refractivity contribution < 1.29 is 23.6 Å². The second-order valence-electron chi connectivity index (χ2n) is 2.56. The van der Waals surface area contributed by atoms with Crippen LogP contribution >= 0.6 is 0 Å². The van der Waals surface area contributed by atoms with E-state index in [2.05, 4.69) is 15.5 Å². The molecule has 15 heavy (non-hydrogen) atoms. The van der Waals surface area contributed by atoms with Crippen molar-refractivity contribution in [3.8, 4) is 0 Å². The lowest BCUT2D eigenvalue weighted by Gasteiger charge is -2.04. The summed E-state index contributed by atoms with van der Waals surface area (Å²) in [5.74, 6) is 1.65. The minimum absolute atomic E-state index is 0.347. The van der Waals surface area contributed by atoms with Crippen LogP contribution in [0.2, 0.25) is 0 Å². The molecule has 6 heteroatoms. The Morgan fingerprint density at radius 3 is 2.27 bits per heavy atom. The van der Waals surface area contributed by atoms with Crippen LogP contribution in [0.4, 0.5) is 4.39 Å². The van der Waals surface area contributed by atoms with Crippen LogP contribution in [0, 0.1) is 5.82 Å². The van der Waals surface area contributed by atoms with Crippen LogP contribution in [-0.2, 0) is 9.57 Å². The van der Waals surface area contributed by atoms with Crippen LogP contribution < -0.4 is 5.90 Å². The Bertz CT molecular complexity index is 371. The van der Waals surface area contributed by atoms with E-state index in [0.717, 1.165) is 13.2 Å². The van der Waals surface area contributed by atoms with E-state index in [9.17, 15) is 14.0 Å². The molecule has 0 aliphatic heterocycles. The van der Waals surface area contributed by atoms with Crippen LogP contribution in [-0.4, -0.2) is 19.0 Å². The quantitative estimate of drug-likeness (QED) is 0.576. The summed E-state index contributed by atoms with van der Waals surface area (Å²) in [5.41, 5.74) is -0.763. The zero-order chi connectivity index (χ0) is 11.4. The summed E-state index contributed by atoms with van der Waals surface area (Å²) in [6.45, 7) is 0. The summed E-state index contributed by atoms with van der Waals surface area (Å²) in [5, 5.41) is 0. The summed E-state index contributed by atoms with van der Waals surface area (Å²) < 4.78 is 17.8. The van der Waals surface area contributed by atoms with E-state index in [0.29, 0.717) is 0 Å². The second-order valence-corrected chi connectivity index (χ2v) is 2.56. The molecule has 0 radical (unpaired) electrons. The maximum Gasteiger partial charge on any atom is 0.359 e. The van der Waals surface area contributed by atoms with Crippen molar-refractivity contribution in [2.75, 3.05) is 7.11 Å². The standard InChI is InChI=1S/C9H8FNO4/c1-14-8(12)5-3-2-4-6(7(5)10)9(13)15-11/h2-4H,11H2,1H3. The molecule has 1 rings (SSSR count). The number of rotatable bonds is 2. The molecule has 0 aromatic heterocycles. The first-order chi connectivity index (χ1) is 7.11. The SMILES string of the molecule is COC(=O)c1cccc(C(=O)ON)c1F. The summed E-state index contributed by atoms with van der Waals surface area (Å²) >= 11 is 0. The minimum atomic E-state index is -1.06. The molecule has 0 unspecified atom stereocenters. The molecule has 0 heterocycles. The van der Waals surface area contributed by atoms with Crippen LogP contribution in [0.5, 0.6) is 0 Å². The van der Waals surface area contributed by atoms with Crippen molar-refractivity contribution in [3.63, 3.8) is 0 Å². The number of benzene rings is 1. The predicted molar refractivity (Wildman–Crippen MR) is 47.3 cm³/mol. The first-order valence-corrected chi connectivity index (χ1v) is 3.89. The van der Waals surface area contributed by atoms with E-state index in [1.807, 2.05) is 0 Å². The van der Waals surface area contributed by atoms with Crippen molar-refractivity contribution in [1.82, 2.24) is 0 Å². The summed E-state index contributed by atoms with van der Waals surface area (Å²) in [4.78, 5) is 25.9. The number of hydrogen-bond donors (Lipinski definition) is 1. The van der Waals surface area contributed by atoms with Crippen LogP contribution in [0.25, 0.3) is 0 Å². The molecule has 0 fully saturated rings. The molecule has 0 bridgehead atoms. The lowest BCUT2D eigenvalue weighted by Crippen LogP contribution is -2.14. The van der Waals surface area contributed by atoms with Crippen molar-refractivity contribution in [2.24, 2.45) is 5.90 Å². The summed E-state index contributed by atoms with van der Waals surface area (Å²) in [7, 11) is 1.11. The number of methoxy groups -OCH3 is 1. The maximum atomic E-state index is 13.5. The number of nitrogens with two attached hydrogens (primary N) is 1. The van der Waals surface area contributed by atoms with E-state index in [4.69, 9.17) is 0 Å². The topological polar surface area (TPSA) is 78.6 Å². The number of ether oxygens (including phenoxy) is 1. The molecule has 0 saturated carbocycles. The van der Waals surface area contributed by atoms with E-state index < -0.39 is 23.3 Å². The fraction of sp³-hybridized carbons (Fsp3) is 0.111. The Morgan fingerprint density at radius 1 is 1.27 bits per heavy atom. The Morgan fingerprint density at radius 2 is 1.80 bits per heavy atom. The summed E-state index contributed by atoms with van der Waals surface area (Å²) in [6, 6.07) is 3.66. The molecule has 80 valence electrons. The highest BCUT2D eigenvalue weighted by Crippen LogP contribution is 2.14. The largest absolute Gasteiger partial charge is 0.465 e. The van der Waals surface area contributed by atoms with Crippen molar-refractivity contribution >= 4 is 11.9 Å². The van der Waals surface area contributed by atoms with Gasteiger partial charge in [0.2, 0.25) is 0 Å². The molecule has 0 atom stereocenters. The zero-order valence-electron chi connectivity index (χ0n) is 7.82. The lowest BCUT2D eigenvalue weighted by atomic mass is 10.1. The average Bonchev–Trinajstić information content (AvgIpc) is 2.27. The number of carbonyl (C=O) groups excluding carboxylic acids is 2. The molecule has 0 amide bonds. The minimum Gasteiger partial charge on any atom is -0.465 e. The monoisotopic (exact) mass is 213 g/mol. The van der Waals surface area contributed by atoms with E-state index in [-0.39, 0.29) is 5.56 Å². The highest BCUT2D eigenvalue weighted by molar-refractivity contribution is 5.95. The van der Waals surface area contributed by atoms with Crippen molar-refractivity contribution in [2.45, 2.75) is 0 Å². The number of halogens is 1. The van der Waals surface area contributed by atoms with Crippen LogP contribution in [0.3, 0.4) is 0 Å². The Hall–Kier alpha value is -1.95. The van der Waals surface area contributed by atoms with E-state index >= 15 is 0 Å². The molecule has 1 aromatic carbocycles. The van der Waals surface area contributed by atoms with Gasteiger partial charge in [-0.25, -0.2) is 14.0 Å². The summed E-state index contributed by atoms with van der Waals surface area (Å²) in [6.07, 6.45) is 0. The van der Waals surface area contributed by atoms with Gasteiger partial charge in [0.05, 0.1) is 18.2 Å². The van der Waals surface area contributed by atoms with Gasteiger partial charge in [0, 0.05) is 0 Å². The molecular weight excluding hydrogens is 205 g/mol. The molecule has 0 saturated heterocycles. The third-order valence-electron chi connectivity index (χ3n) is 1.73. The van der Waals surface area contributed by atoms with Gasteiger partial charge in [-0.2, -0.15) is 5.90 Å². The van der Waals surface area contributed by atoms with Gasteiger partial charge in [0.1, 0.15) is 0 Å². The molecule has 0 aliphatic carbocycles. The van der Waals surface area contributed by atoms with E-state index in [1.54, 1.807) is 0 Å². The van der Waals surface area contributed by atoms with Gasteiger partial charge in [-0.1, -0.05) is 6.07 Å². The first-order valence-electron chi connectivity index (χ1n) is 3.89. The van der Waals surface area contributed by atoms with Gasteiger partial charge in [-0.15, -0.1) is 0 Å². The van der Waals surface area contributed by atoms with Crippen molar-refractivity contribution in [1.29, 1.82) is 0 Å². The van der Waals surface area contributed by atoms with Crippen LogP contribution in [0.15, 0.2) is 18.2 Å². The average molecular weight is 213 g/mol. The third-order valence-corrected chi connectivity index (χ3v) is 1.73. The molecule has 0 aliphatic rings. The molecular formula is C9H8FNO4. The lowest BCUT2D eigenvalue weighted by molar-refractivity contribution is 0.0497. The van der Waals surface area contributed by atoms with Gasteiger partial charge in [0.15, 0.2) is 5.82 Å². The number of hydrogen-bond acceptors (Lipinski definition) is 5. The van der Waals surface area contributed by atoms with Crippen molar-refractivity contribution in [3.05, 3.63) is 35.1 Å². The molecule has 0 spiro atoms. The maximum absolute atomic E-state index is 13.5. The Kier molecular flexibility index (Phi) is 3.35. The number of esters is 1. The molecule has 1 aromatic rings. The molecule has 2 N–H and O–H groups in total. The fourth-order valence-corrected chi connectivity index (χ4v) is 1.02. The van der Waals surface area contributed by atoms with E-state index in [1.165, 1.54) is 12.1 Å². The predicted octanol–water partition coefficient (Wildman–Crippen LogP) is 0.643. The normalized spacial score (nSPS) is 9.53. The first kappa shape index (κ1) is 11.1. The second kappa shape index (κ2) is 4.52. The Balaban J connectivity index is 3.23. The zero-order valence-corrected chi connectivity index (χ0v) is 7.82. The third kappa shape index (κ3) is 2.10. The van der Waals surface area contributed by atoms with Gasteiger partial charge in [-0.05, 0) is 12.1 Å².